The zero-order chi connectivity index (χ0) is 31.0. The number of hydrogen-bond donors (Lipinski definition) is 1. The van der Waals surface area contributed by atoms with Crippen molar-refractivity contribution in [3.8, 4) is 11.5 Å². The van der Waals surface area contributed by atoms with Crippen molar-refractivity contribution in [3.63, 3.8) is 0 Å². The van der Waals surface area contributed by atoms with Gasteiger partial charge in [0.1, 0.15) is 12.6 Å². The SMILES string of the molecule is CCOc1cc(C2C3=C(CC(C)(C)CC3=O)Nc3nc(SCc4ccccc4Cl)nn32)ccc1OCc1c(Cl)cccc1Cl. The molecule has 1 aromatic heterocycles. The minimum Gasteiger partial charge on any atom is -0.490 e. The molecule has 1 unspecified atom stereocenters. The van der Waals surface area contributed by atoms with E-state index in [0.29, 0.717) is 67.6 Å². The number of ketones is 1. The molecular formula is C33H31Cl3N4O3S. The van der Waals surface area contributed by atoms with Crippen LogP contribution in [0.5, 0.6) is 11.5 Å². The maximum Gasteiger partial charge on any atom is 0.227 e. The van der Waals surface area contributed by atoms with Crippen LogP contribution in [0.1, 0.15) is 56.3 Å². The molecule has 0 amide bonds. The third kappa shape index (κ3) is 6.31. The first-order valence-corrected chi connectivity index (χ1v) is 16.4. The number of anilines is 1. The lowest BCUT2D eigenvalue weighted by atomic mass is 9.73. The quantitative estimate of drug-likeness (QED) is 0.178. The first-order chi connectivity index (χ1) is 21.1. The third-order valence-electron chi connectivity index (χ3n) is 7.64. The van der Waals surface area contributed by atoms with E-state index in [1.807, 2.05) is 49.4 Å². The van der Waals surface area contributed by atoms with Gasteiger partial charge in [-0.2, -0.15) is 4.98 Å². The normalized spacial score (nSPS) is 17.1. The fourth-order valence-electron chi connectivity index (χ4n) is 5.62. The molecule has 228 valence electrons. The number of nitrogens with one attached hydrogen (secondary N) is 1. The molecule has 0 radical (unpaired) electrons. The highest BCUT2D eigenvalue weighted by Crippen LogP contribution is 2.47. The molecule has 0 fully saturated rings. The van der Waals surface area contributed by atoms with Crippen LogP contribution in [0.4, 0.5) is 5.95 Å². The maximum atomic E-state index is 13.7. The van der Waals surface area contributed by atoms with Crippen LogP contribution in [0.25, 0.3) is 0 Å². The second-order valence-corrected chi connectivity index (χ2v) is 13.7. The topological polar surface area (TPSA) is 78.3 Å². The van der Waals surface area contributed by atoms with Crippen LogP contribution in [-0.4, -0.2) is 27.2 Å². The van der Waals surface area contributed by atoms with Crippen molar-refractivity contribution in [2.75, 3.05) is 11.9 Å². The van der Waals surface area contributed by atoms with Crippen molar-refractivity contribution < 1.29 is 14.3 Å². The second kappa shape index (κ2) is 12.7. The number of Topliss-reactive ketones (excluding diaryl/α,β-unsaturated/α-hetero) is 1. The van der Waals surface area contributed by atoms with E-state index in [-0.39, 0.29) is 17.8 Å². The molecule has 1 N–H and O–H groups in total. The molecule has 2 aliphatic rings. The number of allylic oxidation sites excluding steroid dienone is 2. The lowest BCUT2D eigenvalue weighted by Gasteiger charge is -2.38. The lowest BCUT2D eigenvalue weighted by molar-refractivity contribution is -0.118. The number of ether oxygens (including phenoxy) is 2. The van der Waals surface area contributed by atoms with Gasteiger partial charge in [0.15, 0.2) is 17.3 Å². The van der Waals surface area contributed by atoms with Gasteiger partial charge in [-0.25, -0.2) is 4.68 Å². The fraction of sp³-hybridized carbons (Fsp3) is 0.303. The largest absolute Gasteiger partial charge is 0.490 e. The van der Waals surface area contributed by atoms with Gasteiger partial charge in [0, 0.05) is 44.1 Å². The lowest BCUT2D eigenvalue weighted by Crippen LogP contribution is -2.36. The van der Waals surface area contributed by atoms with Gasteiger partial charge >= 0.3 is 0 Å². The molecule has 4 aromatic rings. The average molecular weight is 670 g/mol. The predicted octanol–water partition coefficient (Wildman–Crippen LogP) is 9.17. The van der Waals surface area contributed by atoms with Crippen molar-refractivity contribution in [3.05, 3.63) is 104 Å². The van der Waals surface area contributed by atoms with E-state index in [4.69, 9.17) is 54.4 Å². The Bertz CT molecular complexity index is 1750. The Morgan fingerprint density at radius 1 is 0.977 bits per heavy atom. The fourth-order valence-corrected chi connectivity index (χ4v) is 7.24. The highest BCUT2D eigenvalue weighted by molar-refractivity contribution is 7.98. The van der Waals surface area contributed by atoms with E-state index in [1.54, 1.807) is 22.9 Å². The van der Waals surface area contributed by atoms with Crippen molar-refractivity contribution in [1.82, 2.24) is 14.8 Å². The summed E-state index contributed by atoms with van der Waals surface area (Å²) in [5.74, 6) is 2.38. The van der Waals surface area contributed by atoms with Crippen molar-refractivity contribution in [2.24, 2.45) is 5.41 Å². The van der Waals surface area contributed by atoms with Crippen molar-refractivity contribution in [1.29, 1.82) is 0 Å². The van der Waals surface area contributed by atoms with Crippen LogP contribution in [0.15, 0.2) is 77.1 Å². The zero-order valence-corrected chi connectivity index (χ0v) is 27.6. The first kappa shape index (κ1) is 30.8. The summed E-state index contributed by atoms with van der Waals surface area (Å²) in [6.45, 7) is 6.74. The minimum atomic E-state index is -0.488. The first-order valence-electron chi connectivity index (χ1n) is 14.3. The number of rotatable bonds is 9. The summed E-state index contributed by atoms with van der Waals surface area (Å²) < 4.78 is 14.0. The van der Waals surface area contributed by atoms with E-state index >= 15 is 0 Å². The van der Waals surface area contributed by atoms with Gasteiger partial charge in [-0.15, -0.1) is 5.10 Å². The van der Waals surface area contributed by atoms with Gasteiger partial charge in [0.2, 0.25) is 11.1 Å². The van der Waals surface area contributed by atoms with Gasteiger partial charge < -0.3 is 14.8 Å². The summed E-state index contributed by atoms with van der Waals surface area (Å²) in [5.41, 5.74) is 3.94. The van der Waals surface area contributed by atoms with Gasteiger partial charge in [-0.3, -0.25) is 4.79 Å². The number of aromatic nitrogens is 3. The summed E-state index contributed by atoms with van der Waals surface area (Å²) in [6.07, 6.45) is 1.16. The molecule has 11 heteroatoms. The highest BCUT2D eigenvalue weighted by Gasteiger charge is 2.42. The van der Waals surface area contributed by atoms with Crippen molar-refractivity contribution >= 4 is 58.3 Å². The van der Waals surface area contributed by atoms with E-state index in [2.05, 4.69) is 19.2 Å². The molecule has 0 bridgehead atoms. The Morgan fingerprint density at radius 2 is 1.73 bits per heavy atom. The molecule has 3 aromatic carbocycles. The van der Waals surface area contributed by atoms with Gasteiger partial charge in [-0.1, -0.05) is 90.7 Å². The van der Waals surface area contributed by atoms with E-state index in [0.717, 1.165) is 23.2 Å². The molecule has 7 nitrogen and oxygen atoms in total. The number of carbonyl (C=O) groups excluding carboxylic acids is 1. The number of benzene rings is 3. The van der Waals surface area contributed by atoms with Crippen LogP contribution in [-0.2, 0) is 17.2 Å². The number of hydrogen-bond acceptors (Lipinski definition) is 7. The Balaban J connectivity index is 1.36. The minimum absolute atomic E-state index is 0.0896. The molecular weight excluding hydrogens is 639 g/mol. The molecule has 0 saturated carbocycles. The molecule has 1 aliphatic heterocycles. The average Bonchev–Trinajstić information content (AvgIpc) is 3.38. The third-order valence-corrected chi connectivity index (χ3v) is 9.61. The van der Waals surface area contributed by atoms with Crippen LogP contribution in [0, 0.1) is 5.41 Å². The Labute approximate surface area is 275 Å². The van der Waals surface area contributed by atoms with Crippen LogP contribution >= 0.6 is 46.6 Å². The molecule has 1 aliphatic carbocycles. The standard InChI is InChI=1S/C33H31Cl3N4O3S/c1-4-42-28-14-19(12-13-27(28)43-17-21-23(35)10-7-11-24(21)36)30-29-25(15-33(2,3)16-26(29)41)37-31-38-32(39-40(30)31)44-18-20-8-5-6-9-22(20)34/h5-14,30H,4,15-18H2,1-3H3,(H,37,38,39). The number of carbonyl (C=O) groups is 1. The monoisotopic (exact) mass is 668 g/mol. The molecule has 0 saturated heterocycles. The number of nitrogens with zero attached hydrogens (tertiary/aromatic N) is 3. The highest BCUT2D eigenvalue weighted by atomic mass is 35.5. The number of halogens is 3. The Morgan fingerprint density at radius 3 is 2.48 bits per heavy atom. The summed E-state index contributed by atoms with van der Waals surface area (Å²) in [5, 5.41) is 10.7. The van der Waals surface area contributed by atoms with Crippen LogP contribution in [0.3, 0.4) is 0 Å². The summed E-state index contributed by atoms with van der Waals surface area (Å²) in [4.78, 5) is 18.6. The number of thioether (sulfide) groups is 1. The summed E-state index contributed by atoms with van der Waals surface area (Å²) in [6, 6.07) is 18.3. The van der Waals surface area contributed by atoms with Crippen LogP contribution < -0.4 is 14.8 Å². The van der Waals surface area contributed by atoms with Gasteiger partial charge in [0.25, 0.3) is 0 Å². The summed E-state index contributed by atoms with van der Waals surface area (Å²) >= 11 is 20.6. The molecule has 6 rings (SSSR count). The Kier molecular flexibility index (Phi) is 8.88. The number of fused-ring (bicyclic) bond motifs is 1. The van der Waals surface area contributed by atoms with E-state index in [9.17, 15) is 4.79 Å². The van der Waals surface area contributed by atoms with E-state index in [1.165, 1.54) is 11.8 Å². The smallest absolute Gasteiger partial charge is 0.227 e. The van der Waals surface area contributed by atoms with Crippen LogP contribution in [0.2, 0.25) is 15.1 Å². The van der Waals surface area contributed by atoms with Gasteiger partial charge in [0.05, 0.1) is 6.61 Å². The molecule has 0 spiro atoms. The molecule has 2 heterocycles. The zero-order valence-electron chi connectivity index (χ0n) is 24.5. The van der Waals surface area contributed by atoms with Gasteiger partial charge in [-0.05, 0) is 60.2 Å². The molecule has 1 atom stereocenters. The second-order valence-electron chi connectivity index (χ2n) is 11.5. The Hall–Kier alpha value is -3.17. The maximum absolute atomic E-state index is 13.7. The summed E-state index contributed by atoms with van der Waals surface area (Å²) in [7, 11) is 0. The van der Waals surface area contributed by atoms with Crippen molar-refractivity contribution in [2.45, 2.75) is 57.2 Å². The van der Waals surface area contributed by atoms with E-state index < -0.39 is 6.04 Å². The molecule has 44 heavy (non-hydrogen) atoms. The predicted molar refractivity (Wildman–Crippen MR) is 176 cm³/mol.